The largest absolute Gasteiger partial charge is 0.368 e. The molecule has 1 amide bonds. The number of amides is 1. The molecule has 3 rings (SSSR count). The van der Waals surface area contributed by atoms with E-state index in [2.05, 4.69) is 25.5 Å². The first-order valence-corrected chi connectivity index (χ1v) is 9.13. The van der Waals surface area contributed by atoms with Crippen LogP contribution in [-0.4, -0.2) is 42.1 Å². The molecular weight excluding hydrogens is 375 g/mol. The minimum Gasteiger partial charge on any atom is -0.368 e. The predicted molar refractivity (Wildman–Crippen MR) is 105 cm³/mol. The minimum atomic E-state index is -0.671. The summed E-state index contributed by atoms with van der Waals surface area (Å²) in [5, 5.41) is 7.21. The predicted octanol–water partition coefficient (Wildman–Crippen LogP) is 2.60. The van der Waals surface area contributed by atoms with Crippen LogP contribution in [0.4, 0.5) is 17.2 Å². The van der Waals surface area contributed by atoms with Gasteiger partial charge < -0.3 is 21.3 Å². The Labute approximate surface area is 161 Å². The number of aryl methyl sites for hydroxylation is 1. The van der Waals surface area contributed by atoms with Crippen LogP contribution < -0.4 is 21.3 Å². The standard InChI is InChI=1S/C17H20Cl2N6O/c1-2-12-15(19)24-17(14(23-12)16(20)26)22-10-3-4-13(11(18)9-10)25-7-5-21-6-8-25/h3-4,9,21H,2,5-8H2,1H3,(H2,20,26)(H,22,24). The van der Waals surface area contributed by atoms with Gasteiger partial charge in [-0.2, -0.15) is 0 Å². The van der Waals surface area contributed by atoms with Gasteiger partial charge >= 0.3 is 0 Å². The number of nitrogens with two attached hydrogens (primary N) is 1. The fraction of sp³-hybridized carbons (Fsp3) is 0.353. The average Bonchev–Trinajstić information content (AvgIpc) is 2.62. The average molecular weight is 395 g/mol. The van der Waals surface area contributed by atoms with Crippen molar-refractivity contribution >= 4 is 46.3 Å². The molecule has 9 heteroatoms. The lowest BCUT2D eigenvalue weighted by atomic mass is 10.2. The third kappa shape index (κ3) is 4.00. The molecule has 138 valence electrons. The van der Waals surface area contributed by atoms with Gasteiger partial charge in [-0.1, -0.05) is 30.1 Å². The highest BCUT2D eigenvalue weighted by atomic mass is 35.5. The first kappa shape index (κ1) is 18.7. The number of hydrogen-bond acceptors (Lipinski definition) is 6. The molecule has 1 aromatic heterocycles. The molecule has 0 unspecified atom stereocenters. The van der Waals surface area contributed by atoms with E-state index in [0.717, 1.165) is 31.9 Å². The molecule has 0 atom stereocenters. The number of nitrogens with one attached hydrogen (secondary N) is 2. The summed E-state index contributed by atoms with van der Waals surface area (Å²) in [6, 6.07) is 5.60. The van der Waals surface area contributed by atoms with E-state index in [1.54, 1.807) is 6.07 Å². The molecule has 0 spiro atoms. The molecule has 1 aromatic carbocycles. The Kier molecular flexibility index (Phi) is 5.80. The van der Waals surface area contributed by atoms with E-state index in [-0.39, 0.29) is 16.7 Å². The van der Waals surface area contributed by atoms with Crippen LogP contribution in [0, 0.1) is 0 Å². The third-order valence-electron chi connectivity index (χ3n) is 4.16. The van der Waals surface area contributed by atoms with Gasteiger partial charge in [0.2, 0.25) is 0 Å². The van der Waals surface area contributed by atoms with E-state index in [4.69, 9.17) is 28.9 Å². The maximum Gasteiger partial charge on any atom is 0.271 e. The number of halogens is 2. The molecule has 4 N–H and O–H groups in total. The molecule has 0 radical (unpaired) electrons. The van der Waals surface area contributed by atoms with Gasteiger partial charge in [0.15, 0.2) is 16.7 Å². The van der Waals surface area contributed by atoms with Crippen LogP contribution in [0.3, 0.4) is 0 Å². The molecule has 0 bridgehead atoms. The number of carbonyl (C=O) groups is 1. The zero-order chi connectivity index (χ0) is 18.7. The van der Waals surface area contributed by atoms with E-state index in [9.17, 15) is 4.79 Å². The number of carbonyl (C=O) groups excluding carboxylic acids is 1. The lowest BCUT2D eigenvalue weighted by Gasteiger charge is -2.30. The molecule has 26 heavy (non-hydrogen) atoms. The smallest absolute Gasteiger partial charge is 0.271 e. The number of primary amides is 1. The summed E-state index contributed by atoms with van der Waals surface area (Å²) in [6.07, 6.45) is 0.553. The summed E-state index contributed by atoms with van der Waals surface area (Å²) in [7, 11) is 0. The van der Waals surface area contributed by atoms with Gasteiger partial charge in [-0.25, -0.2) is 9.97 Å². The van der Waals surface area contributed by atoms with Gasteiger partial charge in [-0.3, -0.25) is 4.79 Å². The van der Waals surface area contributed by atoms with Gasteiger partial charge in [-0.15, -0.1) is 0 Å². The van der Waals surface area contributed by atoms with Gasteiger partial charge in [0.25, 0.3) is 5.91 Å². The van der Waals surface area contributed by atoms with Crippen LogP contribution in [0.25, 0.3) is 0 Å². The number of aromatic nitrogens is 2. The normalized spacial score (nSPS) is 14.3. The second-order valence-electron chi connectivity index (χ2n) is 5.90. The fourth-order valence-corrected chi connectivity index (χ4v) is 3.38. The van der Waals surface area contributed by atoms with Crippen LogP contribution >= 0.6 is 23.2 Å². The molecule has 2 heterocycles. The molecular formula is C17H20Cl2N6O. The lowest BCUT2D eigenvalue weighted by Crippen LogP contribution is -2.43. The topological polar surface area (TPSA) is 96.2 Å². The fourth-order valence-electron chi connectivity index (χ4n) is 2.82. The Balaban J connectivity index is 1.88. The number of anilines is 3. The van der Waals surface area contributed by atoms with Gasteiger partial charge in [0.1, 0.15) is 0 Å². The van der Waals surface area contributed by atoms with E-state index in [0.29, 0.717) is 22.8 Å². The van der Waals surface area contributed by atoms with Crippen LogP contribution in [0.15, 0.2) is 18.2 Å². The van der Waals surface area contributed by atoms with Crippen molar-refractivity contribution in [2.24, 2.45) is 5.73 Å². The summed E-state index contributed by atoms with van der Waals surface area (Å²) in [6.45, 7) is 5.53. The molecule has 0 aliphatic carbocycles. The molecule has 0 saturated carbocycles. The van der Waals surface area contributed by atoms with Crippen molar-refractivity contribution in [3.8, 4) is 0 Å². The Morgan fingerprint density at radius 2 is 2.04 bits per heavy atom. The van der Waals surface area contributed by atoms with Crippen molar-refractivity contribution in [1.82, 2.24) is 15.3 Å². The zero-order valence-corrected chi connectivity index (χ0v) is 15.9. The highest BCUT2D eigenvalue weighted by molar-refractivity contribution is 6.33. The number of benzene rings is 1. The highest BCUT2D eigenvalue weighted by Gasteiger charge is 2.18. The molecule has 1 aliphatic rings. The van der Waals surface area contributed by atoms with E-state index in [1.165, 1.54) is 0 Å². The maximum atomic E-state index is 11.7. The van der Waals surface area contributed by atoms with Crippen molar-refractivity contribution < 1.29 is 4.79 Å². The van der Waals surface area contributed by atoms with Crippen molar-refractivity contribution in [2.45, 2.75) is 13.3 Å². The Hall–Kier alpha value is -2.09. The van der Waals surface area contributed by atoms with Crippen molar-refractivity contribution in [3.63, 3.8) is 0 Å². The Morgan fingerprint density at radius 1 is 1.31 bits per heavy atom. The van der Waals surface area contributed by atoms with Gasteiger partial charge in [0, 0.05) is 31.9 Å². The highest BCUT2D eigenvalue weighted by Crippen LogP contribution is 2.31. The van der Waals surface area contributed by atoms with Crippen molar-refractivity contribution in [2.75, 3.05) is 36.4 Å². The second kappa shape index (κ2) is 8.07. The third-order valence-corrected chi connectivity index (χ3v) is 4.76. The van der Waals surface area contributed by atoms with Crippen LogP contribution in [0.1, 0.15) is 23.1 Å². The summed E-state index contributed by atoms with van der Waals surface area (Å²) < 4.78 is 0. The van der Waals surface area contributed by atoms with Crippen LogP contribution in [0.2, 0.25) is 10.2 Å². The molecule has 7 nitrogen and oxygen atoms in total. The number of piperazine rings is 1. The summed E-state index contributed by atoms with van der Waals surface area (Å²) in [4.78, 5) is 22.4. The van der Waals surface area contributed by atoms with E-state index >= 15 is 0 Å². The number of nitrogens with zero attached hydrogens (tertiary/aromatic N) is 3. The van der Waals surface area contributed by atoms with Gasteiger partial charge in [-0.05, 0) is 24.6 Å². The molecule has 1 fully saturated rings. The summed E-state index contributed by atoms with van der Waals surface area (Å²) in [5.41, 5.74) is 7.65. The summed E-state index contributed by atoms with van der Waals surface area (Å²) in [5.74, 6) is -0.458. The first-order valence-electron chi connectivity index (χ1n) is 8.38. The van der Waals surface area contributed by atoms with Gasteiger partial charge in [0.05, 0.1) is 16.4 Å². The summed E-state index contributed by atoms with van der Waals surface area (Å²) >= 11 is 12.6. The van der Waals surface area contributed by atoms with Crippen molar-refractivity contribution in [1.29, 1.82) is 0 Å². The molecule has 2 aromatic rings. The number of hydrogen-bond donors (Lipinski definition) is 3. The zero-order valence-electron chi connectivity index (χ0n) is 14.4. The first-order chi connectivity index (χ1) is 12.5. The monoisotopic (exact) mass is 394 g/mol. The van der Waals surface area contributed by atoms with E-state index in [1.807, 2.05) is 19.1 Å². The van der Waals surface area contributed by atoms with E-state index < -0.39 is 5.91 Å². The van der Waals surface area contributed by atoms with Crippen LogP contribution in [0.5, 0.6) is 0 Å². The van der Waals surface area contributed by atoms with Crippen LogP contribution in [-0.2, 0) is 6.42 Å². The maximum absolute atomic E-state index is 11.7. The Morgan fingerprint density at radius 3 is 2.65 bits per heavy atom. The molecule has 1 aliphatic heterocycles. The SMILES string of the molecule is CCc1nc(C(N)=O)c(Nc2ccc(N3CCNCC3)c(Cl)c2)nc1Cl. The Bertz CT molecular complexity index is 823. The number of rotatable bonds is 5. The lowest BCUT2D eigenvalue weighted by molar-refractivity contribution is 0.0996. The second-order valence-corrected chi connectivity index (χ2v) is 6.67. The minimum absolute atomic E-state index is 0.0496. The van der Waals surface area contributed by atoms with Crippen molar-refractivity contribution in [3.05, 3.63) is 39.8 Å². The molecule has 1 saturated heterocycles. The quantitative estimate of drug-likeness (QED) is 0.720.